The number of hydrogen-bond acceptors (Lipinski definition) is 3. The molecule has 18 heavy (non-hydrogen) atoms. The van der Waals surface area contributed by atoms with Crippen molar-refractivity contribution >= 4 is 0 Å². The number of likely N-dealkylation sites (tertiary alicyclic amines) is 1. The van der Waals surface area contributed by atoms with Gasteiger partial charge in [-0.15, -0.1) is 0 Å². The molecular weight excluding hydrogens is 231 g/mol. The standard InChI is InChI=1S/C14H21FN2O/c1-2-13(16)14(17-8-7-10(18)9-17)11-5-3-4-6-12(11)15/h3-6,10,13-14,18H,2,7-9,16H2,1H3. The van der Waals surface area contributed by atoms with E-state index in [0.29, 0.717) is 12.1 Å². The topological polar surface area (TPSA) is 49.5 Å². The third-order valence-electron chi connectivity index (χ3n) is 3.69. The van der Waals surface area contributed by atoms with Crippen LogP contribution in [0.5, 0.6) is 0 Å². The van der Waals surface area contributed by atoms with Gasteiger partial charge < -0.3 is 10.8 Å². The van der Waals surface area contributed by atoms with E-state index >= 15 is 0 Å². The molecule has 1 heterocycles. The molecule has 3 N–H and O–H groups in total. The van der Waals surface area contributed by atoms with E-state index in [0.717, 1.165) is 19.4 Å². The first-order chi connectivity index (χ1) is 8.63. The number of benzene rings is 1. The van der Waals surface area contributed by atoms with Gasteiger partial charge >= 0.3 is 0 Å². The number of aliphatic hydroxyl groups excluding tert-OH is 1. The van der Waals surface area contributed by atoms with E-state index in [1.807, 2.05) is 13.0 Å². The van der Waals surface area contributed by atoms with E-state index in [-0.39, 0.29) is 24.0 Å². The number of rotatable bonds is 4. The molecule has 0 radical (unpaired) electrons. The fourth-order valence-electron chi connectivity index (χ4n) is 2.66. The first-order valence-electron chi connectivity index (χ1n) is 6.55. The van der Waals surface area contributed by atoms with Crippen LogP contribution in [0, 0.1) is 5.82 Å². The van der Waals surface area contributed by atoms with Gasteiger partial charge in [0.25, 0.3) is 0 Å². The largest absolute Gasteiger partial charge is 0.392 e. The molecule has 0 bridgehead atoms. The summed E-state index contributed by atoms with van der Waals surface area (Å²) in [5.74, 6) is -0.215. The molecule has 1 fully saturated rings. The molecule has 1 saturated heterocycles. The van der Waals surface area contributed by atoms with Gasteiger partial charge in [-0.25, -0.2) is 4.39 Å². The van der Waals surface area contributed by atoms with E-state index < -0.39 is 0 Å². The van der Waals surface area contributed by atoms with Crippen molar-refractivity contribution in [1.82, 2.24) is 4.90 Å². The van der Waals surface area contributed by atoms with Gasteiger partial charge in [0, 0.05) is 24.7 Å². The molecule has 0 saturated carbocycles. The van der Waals surface area contributed by atoms with Gasteiger partial charge in [-0.05, 0) is 18.9 Å². The fourth-order valence-corrected chi connectivity index (χ4v) is 2.66. The summed E-state index contributed by atoms with van der Waals surface area (Å²) in [6.45, 7) is 3.35. The Bertz CT molecular complexity index is 399. The second kappa shape index (κ2) is 5.78. The third kappa shape index (κ3) is 2.71. The van der Waals surface area contributed by atoms with Crippen LogP contribution in [-0.2, 0) is 0 Å². The number of aliphatic hydroxyl groups is 1. The summed E-state index contributed by atoms with van der Waals surface area (Å²) in [4.78, 5) is 2.09. The van der Waals surface area contributed by atoms with Crippen LogP contribution in [0.2, 0.25) is 0 Å². The normalized spacial score (nSPS) is 24.1. The van der Waals surface area contributed by atoms with Crippen molar-refractivity contribution in [2.45, 2.75) is 38.0 Å². The average Bonchev–Trinajstić information content (AvgIpc) is 2.78. The Balaban J connectivity index is 2.28. The van der Waals surface area contributed by atoms with Crippen LogP contribution in [0.1, 0.15) is 31.4 Å². The molecule has 0 spiro atoms. The van der Waals surface area contributed by atoms with Gasteiger partial charge in [0.2, 0.25) is 0 Å². The maximum absolute atomic E-state index is 13.9. The predicted octanol–water partition coefficient (Wildman–Crippen LogP) is 1.67. The molecule has 0 aliphatic carbocycles. The molecule has 3 atom stereocenters. The summed E-state index contributed by atoms with van der Waals surface area (Å²) in [6, 6.07) is 6.52. The number of halogens is 1. The summed E-state index contributed by atoms with van der Waals surface area (Å²) in [5, 5.41) is 9.64. The summed E-state index contributed by atoms with van der Waals surface area (Å²) in [6.07, 6.45) is 1.20. The van der Waals surface area contributed by atoms with Crippen molar-refractivity contribution in [3.8, 4) is 0 Å². The number of hydrogen-bond donors (Lipinski definition) is 2. The van der Waals surface area contributed by atoms with Gasteiger partial charge in [0.15, 0.2) is 0 Å². The molecule has 1 aliphatic heterocycles. The van der Waals surface area contributed by atoms with Crippen LogP contribution in [-0.4, -0.2) is 35.2 Å². The zero-order valence-electron chi connectivity index (χ0n) is 10.7. The molecular formula is C14H21FN2O. The number of β-amino-alcohol motifs (C(OH)–C–C–N with tert-alkyl or cyclic N) is 1. The molecule has 2 rings (SSSR count). The molecule has 1 aliphatic rings. The summed E-state index contributed by atoms with van der Waals surface area (Å²) < 4.78 is 13.9. The molecule has 1 aromatic rings. The Kier molecular flexibility index (Phi) is 4.32. The number of nitrogens with two attached hydrogens (primary N) is 1. The SMILES string of the molecule is CCC(N)C(c1ccccc1F)N1CCC(O)C1. The van der Waals surface area contributed by atoms with E-state index in [2.05, 4.69) is 4.90 Å². The fraction of sp³-hybridized carbons (Fsp3) is 0.571. The quantitative estimate of drug-likeness (QED) is 0.857. The molecule has 4 heteroatoms. The van der Waals surface area contributed by atoms with Crippen molar-refractivity contribution < 1.29 is 9.50 Å². The van der Waals surface area contributed by atoms with Crippen LogP contribution in [0.15, 0.2) is 24.3 Å². The highest BCUT2D eigenvalue weighted by molar-refractivity contribution is 5.23. The summed E-state index contributed by atoms with van der Waals surface area (Å²) >= 11 is 0. The third-order valence-corrected chi connectivity index (χ3v) is 3.69. The van der Waals surface area contributed by atoms with Crippen LogP contribution in [0.4, 0.5) is 4.39 Å². The Morgan fingerprint density at radius 1 is 1.50 bits per heavy atom. The summed E-state index contributed by atoms with van der Waals surface area (Å²) in [7, 11) is 0. The first kappa shape index (κ1) is 13.5. The maximum Gasteiger partial charge on any atom is 0.128 e. The first-order valence-corrected chi connectivity index (χ1v) is 6.55. The Morgan fingerprint density at radius 2 is 2.22 bits per heavy atom. The minimum atomic E-state index is -0.316. The van der Waals surface area contributed by atoms with Gasteiger partial charge in [-0.1, -0.05) is 25.1 Å². The van der Waals surface area contributed by atoms with Gasteiger partial charge in [-0.3, -0.25) is 4.90 Å². The van der Waals surface area contributed by atoms with E-state index in [1.54, 1.807) is 12.1 Å². The highest BCUT2D eigenvalue weighted by atomic mass is 19.1. The lowest BCUT2D eigenvalue weighted by Crippen LogP contribution is -2.40. The lowest BCUT2D eigenvalue weighted by atomic mass is 9.96. The minimum Gasteiger partial charge on any atom is -0.392 e. The average molecular weight is 252 g/mol. The van der Waals surface area contributed by atoms with Gasteiger partial charge in [-0.2, -0.15) is 0 Å². The van der Waals surface area contributed by atoms with E-state index in [1.165, 1.54) is 6.07 Å². The van der Waals surface area contributed by atoms with Crippen LogP contribution in [0.3, 0.4) is 0 Å². The molecule has 1 aromatic carbocycles. The van der Waals surface area contributed by atoms with Crippen molar-refractivity contribution in [3.05, 3.63) is 35.6 Å². The second-order valence-electron chi connectivity index (χ2n) is 4.98. The Morgan fingerprint density at radius 3 is 2.78 bits per heavy atom. The number of nitrogens with zero attached hydrogens (tertiary/aromatic N) is 1. The van der Waals surface area contributed by atoms with Crippen molar-refractivity contribution in [3.63, 3.8) is 0 Å². The van der Waals surface area contributed by atoms with Gasteiger partial charge in [0.1, 0.15) is 5.82 Å². The maximum atomic E-state index is 13.9. The minimum absolute atomic E-state index is 0.118. The second-order valence-corrected chi connectivity index (χ2v) is 4.98. The summed E-state index contributed by atoms with van der Waals surface area (Å²) in [5.41, 5.74) is 6.79. The van der Waals surface area contributed by atoms with E-state index in [4.69, 9.17) is 5.73 Å². The zero-order chi connectivity index (χ0) is 13.1. The zero-order valence-corrected chi connectivity index (χ0v) is 10.7. The monoisotopic (exact) mass is 252 g/mol. The Hall–Kier alpha value is -0.970. The predicted molar refractivity (Wildman–Crippen MR) is 69.6 cm³/mol. The highest BCUT2D eigenvalue weighted by Crippen LogP contribution is 2.30. The lowest BCUT2D eigenvalue weighted by molar-refractivity contribution is 0.147. The molecule has 0 aromatic heterocycles. The van der Waals surface area contributed by atoms with Crippen LogP contribution < -0.4 is 5.73 Å². The highest BCUT2D eigenvalue weighted by Gasteiger charge is 2.32. The smallest absolute Gasteiger partial charge is 0.128 e. The molecule has 3 nitrogen and oxygen atoms in total. The molecule has 3 unspecified atom stereocenters. The van der Waals surface area contributed by atoms with Gasteiger partial charge in [0.05, 0.1) is 12.1 Å². The van der Waals surface area contributed by atoms with Crippen LogP contribution >= 0.6 is 0 Å². The van der Waals surface area contributed by atoms with Crippen molar-refractivity contribution in [2.24, 2.45) is 5.73 Å². The Labute approximate surface area is 107 Å². The molecule has 100 valence electrons. The van der Waals surface area contributed by atoms with Crippen molar-refractivity contribution in [1.29, 1.82) is 0 Å². The molecule has 0 amide bonds. The van der Waals surface area contributed by atoms with Crippen LogP contribution in [0.25, 0.3) is 0 Å². The van der Waals surface area contributed by atoms with E-state index in [9.17, 15) is 9.50 Å². The lowest BCUT2D eigenvalue weighted by Gasteiger charge is -2.32. The van der Waals surface area contributed by atoms with Crippen molar-refractivity contribution in [2.75, 3.05) is 13.1 Å².